The Bertz CT molecular complexity index is 1070. The SMILES string of the molecule is CC(C)(C)c1cc(N(C(=O)O)c2ccc([N+](=O)[O-])cc2)n(-c2cccc(Cl)c2)n1. The van der Waals surface area contributed by atoms with Crippen LogP contribution in [-0.2, 0) is 5.41 Å². The predicted molar refractivity (Wildman–Crippen MR) is 111 cm³/mol. The van der Waals surface area contributed by atoms with E-state index in [1.54, 1.807) is 30.3 Å². The highest BCUT2D eigenvalue weighted by molar-refractivity contribution is 6.30. The molecule has 0 atom stereocenters. The highest BCUT2D eigenvalue weighted by atomic mass is 35.5. The molecule has 1 amide bonds. The first kappa shape index (κ1) is 20.3. The number of carboxylic acid groups (broad SMARTS) is 1. The van der Waals surface area contributed by atoms with Crippen LogP contribution in [0.25, 0.3) is 5.69 Å². The Morgan fingerprint density at radius 2 is 1.83 bits per heavy atom. The maximum Gasteiger partial charge on any atom is 0.417 e. The number of nitro groups is 1. The lowest BCUT2D eigenvalue weighted by Gasteiger charge is -2.20. The molecule has 0 saturated carbocycles. The van der Waals surface area contributed by atoms with Crippen molar-refractivity contribution in [3.63, 3.8) is 0 Å². The number of benzene rings is 2. The van der Waals surface area contributed by atoms with E-state index in [9.17, 15) is 20.0 Å². The van der Waals surface area contributed by atoms with E-state index in [4.69, 9.17) is 11.6 Å². The zero-order chi connectivity index (χ0) is 21.3. The number of anilines is 2. The Hall–Kier alpha value is -3.39. The number of amides is 1. The highest BCUT2D eigenvalue weighted by Gasteiger charge is 2.27. The van der Waals surface area contributed by atoms with Crippen LogP contribution in [0, 0.1) is 10.1 Å². The summed E-state index contributed by atoms with van der Waals surface area (Å²) in [6.07, 6.45) is -1.25. The van der Waals surface area contributed by atoms with Crippen LogP contribution in [0.15, 0.2) is 54.6 Å². The van der Waals surface area contributed by atoms with Gasteiger partial charge in [-0.15, -0.1) is 0 Å². The average Bonchev–Trinajstić information content (AvgIpc) is 3.07. The minimum Gasteiger partial charge on any atom is -0.464 e. The Morgan fingerprint density at radius 3 is 2.34 bits per heavy atom. The van der Waals surface area contributed by atoms with Gasteiger partial charge in [0, 0.05) is 28.6 Å². The first-order chi connectivity index (χ1) is 13.6. The lowest BCUT2D eigenvalue weighted by Crippen LogP contribution is -2.26. The molecule has 29 heavy (non-hydrogen) atoms. The highest BCUT2D eigenvalue weighted by Crippen LogP contribution is 2.33. The summed E-state index contributed by atoms with van der Waals surface area (Å²) in [6, 6.07) is 13.9. The third-order valence-electron chi connectivity index (χ3n) is 4.25. The van der Waals surface area contributed by atoms with Gasteiger partial charge in [-0.05, 0) is 30.3 Å². The van der Waals surface area contributed by atoms with E-state index < -0.39 is 11.0 Å². The van der Waals surface area contributed by atoms with Gasteiger partial charge in [0.25, 0.3) is 5.69 Å². The standard InChI is InChI=1S/C20H19ClN4O4/c1-20(2,3)17-12-18(24(22-17)16-6-4-5-13(21)11-16)23(19(26)27)14-7-9-15(10-8-14)25(28)29/h4-12H,1-3H3,(H,26,27). The van der Waals surface area contributed by atoms with Gasteiger partial charge in [-0.1, -0.05) is 38.4 Å². The molecular weight excluding hydrogens is 396 g/mol. The zero-order valence-electron chi connectivity index (χ0n) is 16.0. The number of rotatable bonds is 4. The number of hydrogen-bond donors (Lipinski definition) is 1. The summed E-state index contributed by atoms with van der Waals surface area (Å²) >= 11 is 6.12. The number of hydrogen-bond acceptors (Lipinski definition) is 4. The van der Waals surface area contributed by atoms with Gasteiger partial charge in [-0.2, -0.15) is 5.10 Å². The predicted octanol–water partition coefficient (Wildman–Crippen LogP) is 5.55. The molecule has 0 unspecified atom stereocenters. The number of nitro benzene ring substituents is 1. The summed E-state index contributed by atoms with van der Waals surface area (Å²) < 4.78 is 1.50. The van der Waals surface area contributed by atoms with E-state index in [1.807, 2.05) is 20.8 Å². The van der Waals surface area contributed by atoms with Crippen molar-refractivity contribution in [2.24, 2.45) is 0 Å². The number of aromatic nitrogens is 2. The second kappa shape index (κ2) is 7.56. The van der Waals surface area contributed by atoms with Crippen LogP contribution in [0.3, 0.4) is 0 Å². The first-order valence-electron chi connectivity index (χ1n) is 8.72. The van der Waals surface area contributed by atoms with Gasteiger partial charge in [0.05, 0.1) is 22.0 Å². The van der Waals surface area contributed by atoms with Crippen molar-refractivity contribution in [3.8, 4) is 5.69 Å². The Kier molecular flexibility index (Phi) is 5.30. The average molecular weight is 415 g/mol. The molecule has 150 valence electrons. The van der Waals surface area contributed by atoms with Crippen LogP contribution in [0.4, 0.5) is 22.0 Å². The van der Waals surface area contributed by atoms with Crippen molar-refractivity contribution in [1.29, 1.82) is 0 Å². The molecule has 0 radical (unpaired) electrons. The Balaban J connectivity index is 2.21. The molecule has 0 aliphatic rings. The molecule has 9 heteroatoms. The second-order valence-corrected chi connectivity index (χ2v) is 7.86. The largest absolute Gasteiger partial charge is 0.464 e. The van der Waals surface area contributed by atoms with E-state index in [-0.39, 0.29) is 22.6 Å². The third-order valence-corrected chi connectivity index (χ3v) is 4.49. The van der Waals surface area contributed by atoms with E-state index in [0.29, 0.717) is 16.4 Å². The molecule has 0 bridgehead atoms. The van der Waals surface area contributed by atoms with Crippen LogP contribution in [-0.4, -0.2) is 25.9 Å². The maximum atomic E-state index is 12.2. The zero-order valence-corrected chi connectivity index (χ0v) is 16.8. The summed E-state index contributed by atoms with van der Waals surface area (Å²) in [5.41, 5.74) is 1.07. The Labute approximate surface area is 172 Å². The van der Waals surface area contributed by atoms with Crippen LogP contribution >= 0.6 is 11.6 Å². The smallest absolute Gasteiger partial charge is 0.417 e. The van der Waals surface area contributed by atoms with Crippen molar-refractivity contribution in [3.05, 3.63) is 75.4 Å². The number of non-ortho nitro benzene ring substituents is 1. The van der Waals surface area contributed by atoms with Gasteiger partial charge in [0.2, 0.25) is 0 Å². The van der Waals surface area contributed by atoms with Crippen molar-refractivity contribution in [2.45, 2.75) is 26.2 Å². The van der Waals surface area contributed by atoms with Gasteiger partial charge >= 0.3 is 6.09 Å². The van der Waals surface area contributed by atoms with Crippen LogP contribution in [0.1, 0.15) is 26.5 Å². The van der Waals surface area contributed by atoms with Crippen molar-refractivity contribution in [1.82, 2.24) is 9.78 Å². The molecule has 1 heterocycles. The molecule has 0 saturated heterocycles. The molecule has 1 aromatic heterocycles. The van der Waals surface area contributed by atoms with Gasteiger partial charge in [-0.25, -0.2) is 14.4 Å². The van der Waals surface area contributed by atoms with E-state index in [2.05, 4.69) is 5.10 Å². The van der Waals surface area contributed by atoms with Gasteiger partial charge in [-0.3, -0.25) is 10.1 Å². The topological polar surface area (TPSA) is 102 Å². The van der Waals surface area contributed by atoms with E-state index >= 15 is 0 Å². The van der Waals surface area contributed by atoms with Gasteiger partial charge < -0.3 is 5.11 Å². The second-order valence-electron chi connectivity index (χ2n) is 7.42. The fourth-order valence-corrected chi connectivity index (χ4v) is 2.94. The fraction of sp³-hybridized carbons (Fsp3) is 0.200. The van der Waals surface area contributed by atoms with Crippen molar-refractivity contribution < 1.29 is 14.8 Å². The van der Waals surface area contributed by atoms with Crippen LogP contribution in [0.5, 0.6) is 0 Å². The lowest BCUT2D eigenvalue weighted by molar-refractivity contribution is -0.384. The molecule has 2 aromatic carbocycles. The quantitative estimate of drug-likeness (QED) is 0.445. The first-order valence-corrected chi connectivity index (χ1v) is 9.10. The van der Waals surface area contributed by atoms with Gasteiger partial charge in [0.15, 0.2) is 0 Å². The normalized spacial score (nSPS) is 11.3. The Morgan fingerprint density at radius 1 is 1.17 bits per heavy atom. The molecule has 0 fully saturated rings. The summed E-state index contributed by atoms with van der Waals surface area (Å²) in [4.78, 5) is 23.6. The number of halogens is 1. The molecule has 0 aliphatic heterocycles. The molecule has 3 rings (SSSR count). The molecule has 8 nitrogen and oxygen atoms in total. The monoisotopic (exact) mass is 414 g/mol. The summed E-state index contributed by atoms with van der Waals surface area (Å²) in [5.74, 6) is 0.276. The summed E-state index contributed by atoms with van der Waals surface area (Å²) in [5, 5.41) is 25.9. The molecule has 1 N–H and O–H groups in total. The van der Waals surface area contributed by atoms with Crippen molar-refractivity contribution >= 4 is 34.9 Å². The minimum absolute atomic E-state index is 0.127. The number of nitrogens with zero attached hydrogens (tertiary/aromatic N) is 4. The molecule has 0 aliphatic carbocycles. The van der Waals surface area contributed by atoms with Gasteiger partial charge in [0.1, 0.15) is 5.82 Å². The maximum absolute atomic E-state index is 12.2. The number of carbonyl (C=O) groups is 1. The minimum atomic E-state index is -1.25. The molecule has 3 aromatic rings. The lowest BCUT2D eigenvalue weighted by atomic mass is 9.92. The molecular formula is C20H19ClN4O4. The van der Waals surface area contributed by atoms with Crippen LogP contribution in [0.2, 0.25) is 5.02 Å². The van der Waals surface area contributed by atoms with E-state index in [0.717, 1.165) is 4.90 Å². The third kappa shape index (κ3) is 4.22. The van der Waals surface area contributed by atoms with Crippen LogP contribution < -0.4 is 4.90 Å². The fourth-order valence-electron chi connectivity index (χ4n) is 2.76. The summed E-state index contributed by atoms with van der Waals surface area (Å²) in [7, 11) is 0. The molecule has 0 spiro atoms. The summed E-state index contributed by atoms with van der Waals surface area (Å²) in [6.45, 7) is 5.91. The van der Waals surface area contributed by atoms with Crippen molar-refractivity contribution in [2.75, 3.05) is 4.90 Å². The van der Waals surface area contributed by atoms with E-state index in [1.165, 1.54) is 28.9 Å².